The standard InChI is InChI=1S/C33H28N6O9/c1-19(40)35(13-14-37-31(42)25-8-3-6-21-16-23(39(47)48)18-27(29(21)25)33(37)44)11-4-9-34-10-12-36-30(41)24-7-2-5-20-15-22(38(45)46)17-26(28(20)24)32(36)43/h2-3,5-8,15-18,34H,4,9-14H2,1H3. The van der Waals surface area contributed by atoms with Gasteiger partial charge in [-0.05, 0) is 35.9 Å². The highest BCUT2D eigenvalue weighted by Crippen LogP contribution is 2.34. The molecular weight excluding hydrogens is 624 g/mol. The number of rotatable bonds is 12. The maximum Gasteiger partial charge on any atom is 0.270 e. The number of nitro benzene ring substituents is 2. The van der Waals surface area contributed by atoms with Crippen LogP contribution in [-0.2, 0) is 4.79 Å². The van der Waals surface area contributed by atoms with Gasteiger partial charge in [-0.3, -0.25) is 54.0 Å². The fourth-order valence-electron chi connectivity index (χ4n) is 6.26. The number of benzene rings is 4. The second-order valence-corrected chi connectivity index (χ2v) is 11.4. The van der Waals surface area contributed by atoms with E-state index in [1.54, 1.807) is 36.4 Å². The lowest BCUT2D eigenvalue weighted by molar-refractivity contribution is -0.384. The third kappa shape index (κ3) is 5.60. The Bertz CT molecular complexity index is 2100. The number of nitrogens with zero attached hydrogens (tertiary/aromatic N) is 5. The number of amides is 5. The van der Waals surface area contributed by atoms with Crippen LogP contribution in [0.4, 0.5) is 11.4 Å². The normalized spacial score (nSPS) is 13.9. The van der Waals surface area contributed by atoms with Gasteiger partial charge in [-0.25, -0.2) is 0 Å². The molecule has 0 aromatic heterocycles. The molecule has 244 valence electrons. The zero-order valence-electron chi connectivity index (χ0n) is 25.6. The van der Waals surface area contributed by atoms with E-state index in [0.717, 1.165) is 15.9 Å². The minimum absolute atomic E-state index is 0.0121. The molecule has 15 heteroatoms. The highest BCUT2D eigenvalue weighted by molar-refractivity contribution is 6.26. The van der Waals surface area contributed by atoms with E-state index in [4.69, 9.17) is 0 Å². The Kier molecular flexibility index (Phi) is 8.37. The van der Waals surface area contributed by atoms with Crippen LogP contribution in [0.3, 0.4) is 0 Å². The Morgan fingerprint density at radius 2 is 1.17 bits per heavy atom. The van der Waals surface area contributed by atoms with Crippen molar-refractivity contribution in [1.82, 2.24) is 20.0 Å². The van der Waals surface area contributed by atoms with Crippen molar-refractivity contribution in [2.75, 3.05) is 39.3 Å². The van der Waals surface area contributed by atoms with Gasteiger partial charge in [-0.1, -0.05) is 24.3 Å². The molecule has 6 rings (SSSR count). The molecule has 4 aromatic carbocycles. The van der Waals surface area contributed by atoms with Gasteiger partial charge >= 0.3 is 0 Å². The number of nitrogens with one attached hydrogen (secondary N) is 1. The number of carbonyl (C=O) groups excluding carboxylic acids is 5. The predicted molar refractivity (Wildman–Crippen MR) is 172 cm³/mol. The maximum absolute atomic E-state index is 13.3. The molecule has 2 aliphatic rings. The monoisotopic (exact) mass is 652 g/mol. The Hall–Kier alpha value is -6.09. The van der Waals surface area contributed by atoms with Crippen molar-refractivity contribution in [2.45, 2.75) is 13.3 Å². The molecule has 0 radical (unpaired) electrons. The second-order valence-electron chi connectivity index (χ2n) is 11.4. The number of hydrogen-bond donors (Lipinski definition) is 1. The Morgan fingerprint density at radius 1 is 0.688 bits per heavy atom. The lowest BCUT2D eigenvalue weighted by Gasteiger charge is -2.30. The van der Waals surface area contributed by atoms with Crippen LogP contribution >= 0.6 is 0 Å². The molecule has 15 nitrogen and oxygen atoms in total. The summed E-state index contributed by atoms with van der Waals surface area (Å²) in [6.07, 6.45) is 0.464. The van der Waals surface area contributed by atoms with Crippen molar-refractivity contribution >= 4 is 62.5 Å². The zero-order chi connectivity index (χ0) is 34.3. The van der Waals surface area contributed by atoms with E-state index in [-0.39, 0.29) is 72.3 Å². The molecular formula is C33H28N6O9. The van der Waals surface area contributed by atoms with E-state index >= 15 is 0 Å². The highest BCUT2D eigenvalue weighted by Gasteiger charge is 2.35. The van der Waals surface area contributed by atoms with E-state index < -0.39 is 33.5 Å². The quantitative estimate of drug-likeness (QED) is 0.102. The first-order valence-electron chi connectivity index (χ1n) is 15.1. The summed E-state index contributed by atoms with van der Waals surface area (Å²) < 4.78 is 0. The molecule has 0 saturated heterocycles. The first-order valence-corrected chi connectivity index (χ1v) is 15.1. The van der Waals surface area contributed by atoms with Crippen molar-refractivity contribution in [1.29, 1.82) is 0 Å². The summed E-state index contributed by atoms with van der Waals surface area (Å²) in [5.74, 6) is -2.62. The number of nitro groups is 2. The van der Waals surface area contributed by atoms with Gasteiger partial charge in [0.05, 0.1) is 21.0 Å². The van der Waals surface area contributed by atoms with Crippen molar-refractivity contribution in [2.24, 2.45) is 0 Å². The summed E-state index contributed by atoms with van der Waals surface area (Å²) in [6.45, 7) is 2.21. The molecule has 0 fully saturated rings. The van der Waals surface area contributed by atoms with Gasteiger partial charge in [-0.2, -0.15) is 0 Å². The highest BCUT2D eigenvalue weighted by atomic mass is 16.6. The lowest BCUT2D eigenvalue weighted by atomic mass is 9.93. The van der Waals surface area contributed by atoms with Crippen LogP contribution in [0, 0.1) is 20.2 Å². The number of hydrogen-bond acceptors (Lipinski definition) is 10. The Labute approximate surface area is 272 Å². The second kappa shape index (κ2) is 12.6. The van der Waals surface area contributed by atoms with Crippen molar-refractivity contribution in [3.63, 3.8) is 0 Å². The first-order chi connectivity index (χ1) is 23.0. The van der Waals surface area contributed by atoms with Crippen LogP contribution < -0.4 is 5.32 Å². The average molecular weight is 653 g/mol. The number of carbonyl (C=O) groups is 5. The fraction of sp³-hybridized carbons (Fsp3) is 0.242. The van der Waals surface area contributed by atoms with Crippen molar-refractivity contribution in [3.8, 4) is 0 Å². The predicted octanol–water partition coefficient (Wildman–Crippen LogP) is 3.53. The minimum Gasteiger partial charge on any atom is -0.341 e. The van der Waals surface area contributed by atoms with E-state index in [1.165, 1.54) is 30.0 Å². The fourth-order valence-corrected chi connectivity index (χ4v) is 6.26. The van der Waals surface area contributed by atoms with Crippen LogP contribution in [0.25, 0.3) is 21.5 Å². The minimum atomic E-state index is -0.673. The maximum atomic E-state index is 13.3. The molecule has 0 bridgehead atoms. The summed E-state index contributed by atoms with van der Waals surface area (Å²) in [4.78, 5) is 90.6. The van der Waals surface area contributed by atoms with Crippen LogP contribution in [0.1, 0.15) is 54.8 Å². The number of non-ortho nitro benzene ring substituents is 2. The van der Waals surface area contributed by atoms with Gasteiger partial charge in [0.25, 0.3) is 35.0 Å². The van der Waals surface area contributed by atoms with E-state index in [9.17, 15) is 44.2 Å². The van der Waals surface area contributed by atoms with Gasteiger partial charge < -0.3 is 10.2 Å². The number of imide groups is 2. The molecule has 0 aliphatic carbocycles. The van der Waals surface area contributed by atoms with Crippen molar-refractivity contribution in [3.05, 3.63) is 103 Å². The van der Waals surface area contributed by atoms with Crippen LogP contribution in [0.15, 0.2) is 60.7 Å². The molecule has 2 aliphatic heterocycles. The summed E-state index contributed by atoms with van der Waals surface area (Å²) in [6, 6.07) is 14.6. The van der Waals surface area contributed by atoms with Gasteiger partial charge in [0.2, 0.25) is 5.91 Å². The molecule has 1 N–H and O–H groups in total. The third-order valence-corrected chi connectivity index (χ3v) is 8.58. The zero-order valence-corrected chi connectivity index (χ0v) is 25.6. The topological polar surface area (TPSA) is 193 Å². The van der Waals surface area contributed by atoms with Crippen LogP contribution in [0.2, 0.25) is 0 Å². The summed E-state index contributed by atoms with van der Waals surface area (Å²) in [7, 11) is 0. The molecule has 0 unspecified atom stereocenters. The van der Waals surface area contributed by atoms with E-state index in [2.05, 4.69) is 5.32 Å². The average Bonchev–Trinajstić information content (AvgIpc) is 3.06. The van der Waals surface area contributed by atoms with E-state index in [1.807, 2.05) is 0 Å². The van der Waals surface area contributed by atoms with Crippen LogP contribution in [0.5, 0.6) is 0 Å². The third-order valence-electron chi connectivity index (χ3n) is 8.58. The van der Waals surface area contributed by atoms with Crippen LogP contribution in [-0.4, -0.2) is 93.4 Å². The molecule has 0 spiro atoms. The van der Waals surface area contributed by atoms with Gasteiger partial charge in [0.1, 0.15) is 0 Å². The molecule has 4 aromatic rings. The molecule has 0 saturated carbocycles. The SMILES string of the molecule is CC(=O)N(CCCNCCN1C(=O)c2cccc3cc([N+](=O)[O-])cc(c23)C1=O)CCN1C(=O)c2cccc3cc([N+](=O)[O-])cc(c23)C1=O. The lowest BCUT2D eigenvalue weighted by Crippen LogP contribution is -2.46. The summed E-state index contributed by atoms with van der Waals surface area (Å²) >= 11 is 0. The van der Waals surface area contributed by atoms with E-state index in [0.29, 0.717) is 34.5 Å². The van der Waals surface area contributed by atoms with Gasteiger partial charge in [-0.15, -0.1) is 0 Å². The Morgan fingerprint density at radius 3 is 1.65 bits per heavy atom. The largest absolute Gasteiger partial charge is 0.341 e. The smallest absolute Gasteiger partial charge is 0.270 e. The van der Waals surface area contributed by atoms with Crippen molar-refractivity contribution < 1.29 is 33.8 Å². The Balaban J connectivity index is 1.04. The molecule has 48 heavy (non-hydrogen) atoms. The first kappa shape index (κ1) is 31.9. The van der Waals surface area contributed by atoms with Gasteiger partial charge in [0, 0.05) is 85.8 Å². The molecule has 5 amide bonds. The summed E-state index contributed by atoms with van der Waals surface area (Å²) in [5, 5.41) is 27.6. The summed E-state index contributed by atoms with van der Waals surface area (Å²) in [5.41, 5.74) is 0.173. The molecule has 2 heterocycles. The van der Waals surface area contributed by atoms with Gasteiger partial charge in [0.15, 0.2) is 0 Å². The molecule has 0 atom stereocenters.